The summed E-state index contributed by atoms with van der Waals surface area (Å²) in [5.74, 6) is 0. The summed E-state index contributed by atoms with van der Waals surface area (Å²) in [7, 11) is 5.71. The minimum Gasteiger partial charge on any atom is -0.396 e. The molecule has 1 aromatic heterocycles. The molecule has 0 atom stereocenters. The van der Waals surface area contributed by atoms with Gasteiger partial charge in [0.05, 0.1) is 17.6 Å². The van der Waals surface area contributed by atoms with E-state index in [-0.39, 0.29) is 0 Å². The van der Waals surface area contributed by atoms with E-state index in [1.807, 2.05) is 6.07 Å². The Kier molecular flexibility index (Phi) is 2.13. The molecule has 1 aromatic rings. The van der Waals surface area contributed by atoms with Crippen LogP contribution in [0.2, 0.25) is 0 Å². The van der Waals surface area contributed by atoms with Gasteiger partial charge in [-0.25, -0.2) is 0 Å². The predicted molar refractivity (Wildman–Crippen MR) is 67.2 cm³/mol. The average Bonchev–Trinajstić information content (AvgIpc) is 3.03. The van der Waals surface area contributed by atoms with Crippen LogP contribution in [0.3, 0.4) is 0 Å². The van der Waals surface area contributed by atoms with Crippen LogP contribution in [0.15, 0.2) is 12.3 Å². The summed E-state index contributed by atoms with van der Waals surface area (Å²) in [5, 5.41) is 0. The van der Waals surface area contributed by atoms with Crippen molar-refractivity contribution in [1.29, 1.82) is 0 Å². The van der Waals surface area contributed by atoms with Crippen LogP contribution in [-0.2, 0) is 0 Å². The Morgan fingerprint density at radius 1 is 1.25 bits per heavy atom. The molecule has 0 bridgehead atoms. The number of hydrogen-bond donors (Lipinski definition) is 1. The number of aromatic nitrogens is 1. The Bertz CT molecular complexity index is 405. The number of nitrogen functional groups attached to an aromatic ring is 1. The highest BCUT2D eigenvalue weighted by molar-refractivity contribution is 6.31. The number of anilines is 2. The summed E-state index contributed by atoms with van der Waals surface area (Å²) in [6.07, 6.45) is 7.11. The fourth-order valence-corrected chi connectivity index (χ4v) is 2.64. The van der Waals surface area contributed by atoms with Gasteiger partial charge in [0.1, 0.15) is 7.85 Å². The standard InChI is InChI=1S/C12H16BN3/c13-11-7-10(9(14)8-15-11)16-5-3-12(1-2-12)4-6-16/h7-8H,1-6,14H2. The van der Waals surface area contributed by atoms with Crippen molar-refractivity contribution in [3.05, 3.63) is 12.3 Å². The SMILES string of the molecule is [B]c1cc(N2CCC3(CC2)CC3)c(N)cn1. The molecule has 0 aromatic carbocycles. The first-order chi connectivity index (χ1) is 7.69. The van der Waals surface area contributed by atoms with Gasteiger partial charge in [-0.2, -0.15) is 0 Å². The molecule has 3 rings (SSSR count). The molecule has 2 fully saturated rings. The van der Waals surface area contributed by atoms with Gasteiger partial charge in [0, 0.05) is 13.1 Å². The molecule has 3 nitrogen and oxygen atoms in total. The summed E-state index contributed by atoms with van der Waals surface area (Å²) < 4.78 is 0. The maximum absolute atomic E-state index is 5.94. The highest BCUT2D eigenvalue weighted by Gasteiger charge is 2.44. The first-order valence-corrected chi connectivity index (χ1v) is 5.95. The largest absolute Gasteiger partial charge is 0.396 e. The third-order valence-electron chi connectivity index (χ3n) is 4.05. The summed E-state index contributed by atoms with van der Waals surface area (Å²) >= 11 is 0. The highest BCUT2D eigenvalue weighted by Crippen LogP contribution is 2.54. The van der Waals surface area contributed by atoms with Gasteiger partial charge >= 0.3 is 0 Å². The molecule has 2 heterocycles. The number of hydrogen-bond acceptors (Lipinski definition) is 3. The molecule has 2 aliphatic rings. The van der Waals surface area contributed by atoms with Crippen LogP contribution in [0, 0.1) is 5.41 Å². The molecule has 1 saturated carbocycles. The van der Waals surface area contributed by atoms with Crippen LogP contribution in [0.4, 0.5) is 11.4 Å². The summed E-state index contributed by atoms with van der Waals surface area (Å²) in [6, 6.07) is 1.89. The third-order valence-corrected chi connectivity index (χ3v) is 4.05. The van der Waals surface area contributed by atoms with E-state index in [1.54, 1.807) is 6.20 Å². The molecule has 0 amide bonds. The second-order valence-corrected chi connectivity index (χ2v) is 5.16. The molecular weight excluding hydrogens is 197 g/mol. The summed E-state index contributed by atoms with van der Waals surface area (Å²) in [5.41, 5.74) is 8.99. The van der Waals surface area contributed by atoms with E-state index < -0.39 is 0 Å². The predicted octanol–water partition coefficient (Wildman–Crippen LogP) is 0.838. The number of rotatable bonds is 1. The van der Waals surface area contributed by atoms with Crippen molar-refractivity contribution in [2.75, 3.05) is 23.7 Å². The zero-order valence-corrected chi connectivity index (χ0v) is 9.45. The molecule has 1 spiro atoms. The van der Waals surface area contributed by atoms with Crippen molar-refractivity contribution >= 4 is 24.8 Å². The Balaban J connectivity index is 1.79. The van der Waals surface area contributed by atoms with E-state index in [9.17, 15) is 0 Å². The lowest BCUT2D eigenvalue weighted by Gasteiger charge is -2.34. The van der Waals surface area contributed by atoms with Gasteiger partial charge in [-0.05, 0) is 42.8 Å². The van der Waals surface area contributed by atoms with Gasteiger partial charge in [0.2, 0.25) is 0 Å². The molecule has 16 heavy (non-hydrogen) atoms. The molecule has 1 aliphatic heterocycles. The van der Waals surface area contributed by atoms with Gasteiger partial charge in [-0.1, -0.05) is 0 Å². The smallest absolute Gasteiger partial charge is 0.141 e. The minimum atomic E-state index is 0.552. The first kappa shape index (κ1) is 10.0. The fraction of sp³-hybridized carbons (Fsp3) is 0.583. The Morgan fingerprint density at radius 3 is 2.56 bits per heavy atom. The normalized spacial score (nSPS) is 22.4. The van der Waals surface area contributed by atoms with Crippen molar-refractivity contribution in [3.63, 3.8) is 0 Å². The monoisotopic (exact) mass is 213 g/mol. The maximum Gasteiger partial charge on any atom is 0.141 e. The van der Waals surface area contributed by atoms with Crippen molar-refractivity contribution < 1.29 is 0 Å². The Morgan fingerprint density at radius 2 is 1.94 bits per heavy atom. The summed E-state index contributed by atoms with van der Waals surface area (Å²) in [6.45, 7) is 2.21. The molecule has 4 heteroatoms. The zero-order valence-electron chi connectivity index (χ0n) is 9.45. The third kappa shape index (κ3) is 1.66. The van der Waals surface area contributed by atoms with Crippen LogP contribution in [0.25, 0.3) is 0 Å². The topological polar surface area (TPSA) is 42.1 Å². The Labute approximate surface area is 97.4 Å². The molecule has 2 N–H and O–H groups in total. The van der Waals surface area contributed by atoms with Crippen molar-refractivity contribution in [2.24, 2.45) is 5.41 Å². The number of pyridine rings is 1. The number of piperidine rings is 1. The van der Waals surface area contributed by atoms with Crippen LogP contribution in [0.1, 0.15) is 25.7 Å². The van der Waals surface area contributed by atoms with E-state index in [1.165, 1.54) is 25.7 Å². The molecule has 1 saturated heterocycles. The second kappa shape index (κ2) is 3.40. The average molecular weight is 213 g/mol. The van der Waals surface area contributed by atoms with Gasteiger partial charge in [0.15, 0.2) is 0 Å². The van der Waals surface area contributed by atoms with Gasteiger partial charge < -0.3 is 10.6 Å². The van der Waals surface area contributed by atoms with E-state index >= 15 is 0 Å². The lowest BCUT2D eigenvalue weighted by atomic mass is 9.93. The zero-order chi connectivity index (χ0) is 11.2. The van der Waals surface area contributed by atoms with Crippen LogP contribution in [0.5, 0.6) is 0 Å². The quantitative estimate of drug-likeness (QED) is 0.703. The number of nitrogens with zero attached hydrogens (tertiary/aromatic N) is 2. The van der Waals surface area contributed by atoms with Crippen LogP contribution < -0.4 is 16.2 Å². The van der Waals surface area contributed by atoms with Crippen molar-refractivity contribution in [2.45, 2.75) is 25.7 Å². The minimum absolute atomic E-state index is 0.552. The van der Waals surface area contributed by atoms with Gasteiger partial charge in [-0.3, -0.25) is 4.98 Å². The van der Waals surface area contributed by atoms with E-state index in [0.717, 1.165) is 24.5 Å². The molecule has 0 unspecified atom stereocenters. The second-order valence-electron chi connectivity index (χ2n) is 5.16. The van der Waals surface area contributed by atoms with Gasteiger partial charge in [-0.15, -0.1) is 0 Å². The van der Waals surface area contributed by atoms with Crippen molar-refractivity contribution in [3.8, 4) is 0 Å². The van der Waals surface area contributed by atoms with Gasteiger partial charge in [0.25, 0.3) is 0 Å². The van der Waals surface area contributed by atoms with Crippen molar-refractivity contribution in [1.82, 2.24) is 4.98 Å². The lowest BCUT2D eigenvalue weighted by molar-refractivity contribution is 0.384. The lowest BCUT2D eigenvalue weighted by Crippen LogP contribution is -2.35. The van der Waals surface area contributed by atoms with Crippen LogP contribution >= 0.6 is 0 Å². The Hall–Kier alpha value is -1.19. The summed E-state index contributed by atoms with van der Waals surface area (Å²) in [4.78, 5) is 6.35. The molecular formula is C12H16BN3. The first-order valence-electron chi connectivity index (χ1n) is 5.95. The van der Waals surface area contributed by atoms with Crippen LogP contribution in [-0.4, -0.2) is 25.9 Å². The maximum atomic E-state index is 5.94. The fourth-order valence-electron chi connectivity index (χ4n) is 2.64. The molecule has 1 aliphatic carbocycles. The van der Waals surface area contributed by atoms with E-state index in [4.69, 9.17) is 13.6 Å². The van der Waals surface area contributed by atoms with E-state index in [2.05, 4.69) is 9.88 Å². The number of nitrogens with two attached hydrogens (primary N) is 1. The molecule has 82 valence electrons. The highest BCUT2D eigenvalue weighted by atomic mass is 15.1. The van der Waals surface area contributed by atoms with E-state index in [0.29, 0.717) is 11.0 Å². The molecule has 2 radical (unpaired) electrons.